The van der Waals surface area contributed by atoms with Gasteiger partial charge in [-0.25, -0.2) is 0 Å². The molecule has 0 radical (unpaired) electrons. The van der Waals surface area contributed by atoms with Gasteiger partial charge in [-0.1, -0.05) is 13.8 Å². The molecule has 0 bridgehead atoms. The molecule has 0 atom stereocenters. The molecule has 1 fully saturated rings. The van der Waals surface area contributed by atoms with Crippen LogP contribution in [-0.4, -0.2) is 35.4 Å². The molecule has 1 saturated heterocycles. The predicted octanol–water partition coefficient (Wildman–Crippen LogP) is 2.56. The molecule has 3 rings (SSSR count). The smallest absolute Gasteiger partial charge is 0.180 e. The van der Waals surface area contributed by atoms with Gasteiger partial charge in [-0.3, -0.25) is 0 Å². The van der Waals surface area contributed by atoms with Crippen molar-refractivity contribution in [2.24, 2.45) is 0 Å². The van der Waals surface area contributed by atoms with E-state index < -0.39 is 6.29 Å². The Hall–Kier alpha value is -1.56. The molecule has 1 aromatic carbocycles. The van der Waals surface area contributed by atoms with E-state index >= 15 is 0 Å². The van der Waals surface area contributed by atoms with Gasteiger partial charge in [0.15, 0.2) is 6.29 Å². The highest BCUT2D eigenvalue weighted by atomic mass is 16.5. The lowest BCUT2D eigenvalue weighted by atomic mass is 10.1. The van der Waals surface area contributed by atoms with Crippen LogP contribution in [0.15, 0.2) is 24.4 Å². The Balaban J connectivity index is 0.000000263. The summed E-state index contributed by atoms with van der Waals surface area (Å²) >= 11 is 0. The first kappa shape index (κ1) is 17.5. The van der Waals surface area contributed by atoms with E-state index in [1.54, 1.807) is 19.4 Å². The summed E-state index contributed by atoms with van der Waals surface area (Å²) in [4.78, 5) is 2.95. The highest BCUT2D eigenvalue weighted by Crippen LogP contribution is 2.26. The minimum absolute atomic E-state index is 0.457. The minimum Gasteiger partial charge on any atom is -0.497 e. The van der Waals surface area contributed by atoms with Crippen molar-refractivity contribution in [1.82, 2.24) is 10.3 Å². The van der Waals surface area contributed by atoms with E-state index in [2.05, 4.69) is 10.3 Å². The fraction of sp³-hybridized carbons (Fsp3) is 0.500. The number of fused-ring (bicyclic) bond motifs is 1. The molecule has 2 aromatic rings. The average Bonchev–Trinajstić information content (AvgIpc) is 3.21. The van der Waals surface area contributed by atoms with E-state index in [1.165, 1.54) is 25.9 Å². The topological polar surface area (TPSA) is 77.5 Å². The molecule has 118 valence electrons. The van der Waals surface area contributed by atoms with E-state index in [-0.39, 0.29) is 0 Å². The van der Waals surface area contributed by atoms with Crippen molar-refractivity contribution in [2.75, 3.05) is 20.2 Å². The van der Waals surface area contributed by atoms with Gasteiger partial charge in [0.25, 0.3) is 0 Å². The normalized spacial score (nSPS) is 13.4. The van der Waals surface area contributed by atoms with Gasteiger partial charge in [0, 0.05) is 22.7 Å². The van der Waals surface area contributed by atoms with Crippen LogP contribution in [0, 0.1) is 0 Å². The van der Waals surface area contributed by atoms with Crippen LogP contribution in [0.4, 0.5) is 0 Å². The highest BCUT2D eigenvalue weighted by molar-refractivity contribution is 5.84. The molecule has 0 aliphatic carbocycles. The molecule has 1 aliphatic rings. The van der Waals surface area contributed by atoms with Crippen LogP contribution in [0.3, 0.4) is 0 Å². The largest absolute Gasteiger partial charge is 0.497 e. The summed E-state index contributed by atoms with van der Waals surface area (Å²) in [6.45, 7) is 6.50. The van der Waals surface area contributed by atoms with Crippen molar-refractivity contribution in [1.29, 1.82) is 0 Å². The predicted molar refractivity (Wildman–Crippen MR) is 85.5 cm³/mol. The van der Waals surface area contributed by atoms with Crippen molar-refractivity contribution in [2.45, 2.75) is 33.0 Å². The Morgan fingerprint density at radius 2 is 1.81 bits per heavy atom. The summed E-state index contributed by atoms with van der Waals surface area (Å²) in [6, 6.07) is 5.41. The Morgan fingerprint density at radius 3 is 2.29 bits per heavy atom. The van der Waals surface area contributed by atoms with Gasteiger partial charge < -0.3 is 25.3 Å². The lowest BCUT2D eigenvalue weighted by Crippen LogP contribution is -2.03. The second kappa shape index (κ2) is 9.39. The summed E-state index contributed by atoms with van der Waals surface area (Å²) in [5.41, 5.74) is 1.31. The number of aromatic nitrogens is 1. The Kier molecular flexibility index (Phi) is 7.82. The van der Waals surface area contributed by atoms with Crippen LogP contribution in [0.25, 0.3) is 10.9 Å². The van der Waals surface area contributed by atoms with E-state index in [4.69, 9.17) is 14.9 Å². The summed E-state index contributed by atoms with van der Waals surface area (Å²) in [5, 5.41) is 22.1. The summed E-state index contributed by atoms with van der Waals surface area (Å²) in [7, 11) is 1.57. The number of methoxy groups -OCH3 is 1. The third kappa shape index (κ3) is 5.04. The number of H-pyrrole nitrogens is 1. The van der Waals surface area contributed by atoms with E-state index in [1.807, 2.05) is 26.0 Å². The summed E-state index contributed by atoms with van der Waals surface area (Å²) in [5.74, 6) is 0.694. The van der Waals surface area contributed by atoms with Crippen LogP contribution < -0.4 is 10.1 Å². The number of aliphatic hydroxyl groups is 2. The first-order valence-electron chi connectivity index (χ1n) is 7.44. The molecular formula is C16H26N2O3. The van der Waals surface area contributed by atoms with Gasteiger partial charge in [-0.15, -0.1) is 0 Å². The molecule has 5 nitrogen and oxygen atoms in total. The van der Waals surface area contributed by atoms with Gasteiger partial charge >= 0.3 is 0 Å². The van der Waals surface area contributed by atoms with Crippen molar-refractivity contribution in [3.63, 3.8) is 0 Å². The Morgan fingerprint density at radius 1 is 1.14 bits per heavy atom. The Bertz CT molecular complexity index is 512. The zero-order chi connectivity index (χ0) is 15.7. The number of benzene rings is 1. The number of ether oxygens (including phenoxy) is 1. The molecule has 21 heavy (non-hydrogen) atoms. The molecule has 1 aliphatic heterocycles. The quantitative estimate of drug-likeness (QED) is 0.642. The van der Waals surface area contributed by atoms with Gasteiger partial charge in [-0.05, 0) is 44.1 Å². The molecule has 0 amide bonds. The third-order valence-electron chi connectivity index (χ3n) is 3.16. The van der Waals surface area contributed by atoms with Crippen LogP contribution in [0.1, 0.15) is 38.5 Å². The van der Waals surface area contributed by atoms with Gasteiger partial charge in [-0.2, -0.15) is 0 Å². The zero-order valence-electron chi connectivity index (χ0n) is 13.0. The molecule has 0 unspecified atom stereocenters. The number of hydrogen-bond acceptors (Lipinski definition) is 4. The van der Waals surface area contributed by atoms with E-state index in [0.717, 1.165) is 10.9 Å². The fourth-order valence-corrected chi connectivity index (χ4v) is 2.09. The van der Waals surface area contributed by atoms with Crippen LogP contribution >= 0.6 is 0 Å². The standard InChI is InChI=1S/C10H11NO3.C4H9N.C2H6/c1-14-6-2-3-9-7(4-6)8(5-11-9)10(12)13;1-2-4-5-3-1;1-2/h2-5,10-13H,1H3;5H,1-4H2;1-2H3. The summed E-state index contributed by atoms with van der Waals surface area (Å²) < 4.78 is 5.05. The maximum atomic E-state index is 9.07. The Labute approximate surface area is 125 Å². The lowest BCUT2D eigenvalue weighted by molar-refractivity contribution is -0.0412. The SMILES string of the molecule is C1CCNC1.CC.COc1ccc2[nH]cc(C(O)O)c2c1. The molecule has 1 aromatic heterocycles. The second-order valence-corrected chi connectivity index (χ2v) is 4.49. The lowest BCUT2D eigenvalue weighted by Gasteiger charge is -2.02. The first-order valence-corrected chi connectivity index (χ1v) is 7.44. The number of hydrogen-bond donors (Lipinski definition) is 4. The molecule has 0 spiro atoms. The molecule has 2 heterocycles. The van der Waals surface area contributed by atoms with Crippen molar-refractivity contribution in [3.05, 3.63) is 30.0 Å². The maximum Gasteiger partial charge on any atom is 0.180 e. The molecule has 0 saturated carbocycles. The van der Waals surface area contributed by atoms with Gasteiger partial charge in [0.2, 0.25) is 0 Å². The van der Waals surface area contributed by atoms with Crippen LogP contribution in [0.5, 0.6) is 5.75 Å². The second-order valence-electron chi connectivity index (χ2n) is 4.49. The third-order valence-corrected chi connectivity index (χ3v) is 3.16. The summed E-state index contributed by atoms with van der Waals surface area (Å²) in [6.07, 6.45) is 2.89. The molecule has 4 N–H and O–H groups in total. The maximum absolute atomic E-state index is 9.07. The molecule has 5 heteroatoms. The van der Waals surface area contributed by atoms with Crippen LogP contribution in [-0.2, 0) is 0 Å². The average molecular weight is 294 g/mol. The van der Waals surface area contributed by atoms with Crippen molar-refractivity contribution in [3.8, 4) is 5.75 Å². The van der Waals surface area contributed by atoms with Crippen LogP contribution in [0.2, 0.25) is 0 Å². The first-order chi connectivity index (χ1) is 10.2. The zero-order valence-corrected chi connectivity index (χ0v) is 13.0. The molecular weight excluding hydrogens is 268 g/mol. The highest BCUT2D eigenvalue weighted by Gasteiger charge is 2.10. The van der Waals surface area contributed by atoms with Crippen molar-refractivity contribution >= 4 is 10.9 Å². The minimum atomic E-state index is -1.46. The van der Waals surface area contributed by atoms with Crippen molar-refractivity contribution < 1.29 is 14.9 Å². The number of aromatic amines is 1. The monoisotopic (exact) mass is 294 g/mol. The van der Waals surface area contributed by atoms with E-state index in [0.29, 0.717) is 11.3 Å². The van der Waals surface area contributed by atoms with Gasteiger partial charge in [0.1, 0.15) is 5.75 Å². The number of nitrogens with one attached hydrogen (secondary N) is 2. The number of rotatable bonds is 2. The van der Waals surface area contributed by atoms with Gasteiger partial charge in [0.05, 0.1) is 7.11 Å². The van der Waals surface area contributed by atoms with E-state index in [9.17, 15) is 0 Å². The fourth-order valence-electron chi connectivity index (χ4n) is 2.09. The number of aliphatic hydroxyl groups excluding tert-OH is 1.